The van der Waals surface area contributed by atoms with Gasteiger partial charge in [0.2, 0.25) is 0 Å². The molecule has 0 saturated heterocycles. The molecule has 1 N–H and O–H groups in total. The highest BCUT2D eigenvalue weighted by Crippen LogP contribution is 1.93. The molecule has 2 aromatic rings. The van der Waals surface area contributed by atoms with Gasteiger partial charge in [0.15, 0.2) is 0 Å². The maximum Gasteiger partial charge on any atom is 0.337 e. The first-order chi connectivity index (χ1) is 8.24. The standard InChI is InChI=1S/C6H4N2.C6H5NO2/c7-4-6-2-1-3-8-5-6;8-6(9)5-2-1-3-7-4-5/h1-3,5H;1-4H,(H,8,9). The van der Waals surface area contributed by atoms with Gasteiger partial charge in [-0.1, -0.05) is 0 Å². The van der Waals surface area contributed by atoms with Gasteiger partial charge in [0.05, 0.1) is 11.1 Å². The summed E-state index contributed by atoms with van der Waals surface area (Å²) in [6, 6.07) is 8.50. The van der Waals surface area contributed by atoms with Crippen molar-refractivity contribution in [1.82, 2.24) is 9.97 Å². The van der Waals surface area contributed by atoms with Crippen LogP contribution in [0.4, 0.5) is 0 Å². The van der Waals surface area contributed by atoms with Gasteiger partial charge in [0.1, 0.15) is 6.07 Å². The first kappa shape index (κ1) is 12.3. The zero-order valence-corrected chi connectivity index (χ0v) is 8.82. The molecule has 84 valence electrons. The van der Waals surface area contributed by atoms with E-state index in [1.165, 1.54) is 24.7 Å². The van der Waals surface area contributed by atoms with Crippen LogP contribution in [-0.2, 0) is 0 Å². The highest BCUT2D eigenvalue weighted by atomic mass is 16.4. The summed E-state index contributed by atoms with van der Waals surface area (Å²) in [5.41, 5.74) is 0.824. The van der Waals surface area contributed by atoms with Crippen molar-refractivity contribution in [3.8, 4) is 6.07 Å². The molecule has 0 saturated carbocycles. The van der Waals surface area contributed by atoms with Crippen LogP contribution in [0.1, 0.15) is 15.9 Å². The van der Waals surface area contributed by atoms with Crippen LogP contribution in [0.5, 0.6) is 0 Å². The fourth-order valence-corrected chi connectivity index (χ4v) is 0.918. The molecule has 0 aliphatic heterocycles. The van der Waals surface area contributed by atoms with Gasteiger partial charge >= 0.3 is 5.97 Å². The Morgan fingerprint density at radius 3 is 2.12 bits per heavy atom. The smallest absolute Gasteiger partial charge is 0.337 e. The molecule has 2 heterocycles. The van der Waals surface area contributed by atoms with E-state index in [2.05, 4.69) is 9.97 Å². The van der Waals surface area contributed by atoms with Crippen molar-refractivity contribution in [2.24, 2.45) is 0 Å². The van der Waals surface area contributed by atoms with Crippen LogP contribution in [0.3, 0.4) is 0 Å². The Balaban J connectivity index is 0.000000171. The van der Waals surface area contributed by atoms with Crippen molar-refractivity contribution in [1.29, 1.82) is 5.26 Å². The molecule has 0 fully saturated rings. The molecule has 0 radical (unpaired) electrons. The van der Waals surface area contributed by atoms with Crippen molar-refractivity contribution in [3.63, 3.8) is 0 Å². The number of rotatable bonds is 1. The van der Waals surface area contributed by atoms with Crippen LogP contribution in [0.25, 0.3) is 0 Å². The van der Waals surface area contributed by atoms with E-state index in [0.717, 1.165) is 0 Å². The number of carboxylic acid groups (broad SMARTS) is 1. The second-order valence-corrected chi connectivity index (χ2v) is 2.90. The SMILES string of the molecule is N#Cc1cccnc1.O=C(O)c1cccnc1. The molecule has 0 aromatic carbocycles. The normalized spacial score (nSPS) is 8.41. The molecule has 0 aliphatic rings. The second-order valence-electron chi connectivity index (χ2n) is 2.90. The molecule has 0 aliphatic carbocycles. The van der Waals surface area contributed by atoms with E-state index in [1.807, 2.05) is 6.07 Å². The lowest BCUT2D eigenvalue weighted by Gasteiger charge is -1.87. The van der Waals surface area contributed by atoms with E-state index in [0.29, 0.717) is 5.56 Å². The Morgan fingerprint density at radius 1 is 1.18 bits per heavy atom. The van der Waals surface area contributed by atoms with Gasteiger partial charge in [-0.05, 0) is 24.3 Å². The average molecular weight is 227 g/mol. The van der Waals surface area contributed by atoms with Gasteiger partial charge in [-0.3, -0.25) is 9.97 Å². The van der Waals surface area contributed by atoms with Crippen molar-refractivity contribution in [2.75, 3.05) is 0 Å². The third kappa shape index (κ3) is 4.53. The van der Waals surface area contributed by atoms with Gasteiger partial charge in [0.25, 0.3) is 0 Å². The van der Waals surface area contributed by atoms with E-state index in [-0.39, 0.29) is 5.56 Å². The molecule has 0 amide bonds. The summed E-state index contributed by atoms with van der Waals surface area (Å²) in [5, 5.41) is 16.6. The molecular formula is C12H9N3O2. The number of carboxylic acids is 1. The summed E-state index contributed by atoms with van der Waals surface area (Å²) in [7, 11) is 0. The molecule has 5 heteroatoms. The van der Waals surface area contributed by atoms with E-state index in [1.54, 1.807) is 24.4 Å². The van der Waals surface area contributed by atoms with Crippen LogP contribution in [0.15, 0.2) is 49.1 Å². The third-order valence-corrected chi connectivity index (χ3v) is 1.70. The summed E-state index contributed by atoms with van der Waals surface area (Å²) in [5.74, 6) is -0.942. The molecule has 2 rings (SSSR count). The van der Waals surface area contributed by atoms with Crippen molar-refractivity contribution in [3.05, 3.63) is 60.2 Å². The summed E-state index contributed by atoms with van der Waals surface area (Å²) in [6.07, 6.45) is 6.01. The Kier molecular flexibility index (Phi) is 4.85. The van der Waals surface area contributed by atoms with Crippen LogP contribution in [0.2, 0.25) is 0 Å². The van der Waals surface area contributed by atoms with Gasteiger partial charge < -0.3 is 5.11 Å². The predicted molar refractivity (Wildman–Crippen MR) is 60.1 cm³/mol. The number of aromatic carboxylic acids is 1. The van der Waals surface area contributed by atoms with Crippen LogP contribution in [-0.4, -0.2) is 21.0 Å². The minimum atomic E-state index is -0.942. The van der Waals surface area contributed by atoms with E-state index in [4.69, 9.17) is 10.4 Å². The molecule has 17 heavy (non-hydrogen) atoms. The minimum Gasteiger partial charge on any atom is -0.478 e. The van der Waals surface area contributed by atoms with Gasteiger partial charge in [-0.2, -0.15) is 5.26 Å². The Morgan fingerprint density at radius 2 is 1.82 bits per heavy atom. The number of nitriles is 1. The lowest BCUT2D eigenvalue weighted by Crippen LogP contribution is -1.94. The molecule has 2 aromatic heterocycles. The summed E-state index contributed by atoms with van der Waals surface area (Å²) >= 11 is 0. The van der Waals surface area contributed by atoms with Gasteiger partial charge in [0, 0.05) is 24.8 Å². The maximum absolute atomic E-state index is 10.2. The van der Waals surface area contributed by atoms with Gasteiger partial charge in [-0.15, -0.1) is 0 Å². The monoisotopic (exact) mass is 227 g/mol. The van der Waals surface area contributed by atoms with Crippen LogP contribution < -0.4 is 0 Å². The Hall–Kier alpha value is -2.74. The topological polar surface area (TPSA) is 86.9 Å². The summed E-state index contributed by atoms with van der Waals surface area (Å²) < 4.78 is 0. The lowest BCUT2D eigenvalue weighted by molar-refractivity contribution is 0.0696. The molecule has 0 unspecified atom stereocenters. The van der Waals surface area contributed by atoms with E-state index < -0.39 is 5.97 Å². The van der Waals surface area contributed by atoms with Crippen LogP contribution in [0, 0.1) is 11.3 Å². The number of hydrogen-bond donors (Lipinski definition) is 1. The number of aromatic nitrogens is 2. The number of carbonyl (C=O) groups is 1. The molecule has 5 nitrogen and oxygen atoms in total. The van der Waals surface area contributed by atoms with Crippen molar-refractivity contribution < 1.29 is 9.90 Å². The zero-order valence-electron chi connectivity index (χ0n) is 8.82. The highest BCUT2D eigenvalue weighted by Gasteiger charge is 1.97. The molecule has 0 bridgehead atoms. The Bertz CT molecular complexity index is 506. The molecule has 0 spiro atoms. The second kappa shape index (κ2) is 6.69. The molecule has 0 atom stereocenters. The summed E-state index contributed by atoms with van der Waals surface area (Å²) in [4.78, 5) is 17.5. The number of pyridine rings is 2. The predicted octanol–water partition coefficient (Wildman–Crippen LogP) is 1.73. The fourth-order valence-electron chi connectivity index (χ4n) is 0.918. The number of nitrogens with zero attached hydrogens (tertiary/aromatic N) is 3. The third-order valence-electron chi connectivity index (χ3n) is 1.70. The highest BCUT2D eigenvalue weighted by molar-refractivity contribution is 5.86. The quantitative estimate of drug-likeness (QED) is 0.801. The average Bonchev–Trinajstić information content (AvgIpc) is 2.41. The molecular weight excluding hydrogens is 218 g/mol. The largest absolute Gasteiger partial charge is 0.478 e. The lowest BCUT2D eigenvalue weighted by atomic mass is 10.3. The number of hydrogen-bond acceptors (Lipinski definition) is 4. The zero-order chi connectivity index (χ0) is 12.5. The Labute approximate surface area is 98.0 Å². The van der Waals surface area contributed by atoms with Crippen molar-refractivity contribution in [2.45, 2.75) is 0 Å². The van der Waals surface area contributed by atoms with Gasteiger partial charge in [-0.25, -0.2) is 4.79 Å². The first-order valence-electron chi connectivity index (χ1n) is 4.67. The van der Waals surface area contributed by atoms with E-state index in [9.17, 15) is 4.79 Å². The summed E-state index contributed by atoms with van der Waals surface area (Å²) in [6.45, 7) is 0. The fraction of sp³-hybridized carbons (Fsp3) is 0. The first-order valence-corrected chi connectivity index (χ1v) is 4.67. The maximum atomic E-state index is 10.2. The van der Waals surface area contributed by atoms with E-state index >= 15 is 0 Å². The minimum absolute atomic E-state index is 0.220. The van der Waals surface area contributed by atoms with Crippen LogP contribution >= 0.6 is 0 Å². The van der Waals surface area contributed by atoms with Crippen molar-refractivity contribution >= 4 is 5.97 Å².